The van der Waals surface area contributed by atoms with E-state index in [1.807, 2.05) is 13.8 Å². The van der Waals surface area contributed by atoms with Gasteiger partial charge >= 0.3 is 0 Å². The normalized spacial score (nSPS) is 11.9. The Balaban J connectivity index is 2.71. The zero-order valence-electron chi connectivity index (χ0n) is 10.1. The summed E-state index contributed by atoms with van der Waals surface area (Å²) >= 11 is 0. The monoisotopic (exact) mass is 235 g/mol. The van der Waals surface area contributed by atoms with Crippen LogP contribution in [0.25, 0.3) is 0 Å². The molecule has 0 spiro atoms. The summed E-state index contributed by atoms with van der Waals surface area (Å²) in [6, 6.07) is 3.86. The van der Waals surface area contributed by atoms with E-state index < -0.39 is 6.10 Å². The molecule has 0 aliphatic rings. The average molecular weight is 235 g/mol. The second-order valence-corrected chi connectivity index (χ2v) is 3.95. The molecule has 0 bridgehead atoms. The highest BCUT2D eigenvalue weighted by Crippen LogP contribution is 2.16. The maximum absolute atomic E-state index is 9.19. The molecule has 3 N–H and O–H groups in total. The number of nitrogens with one attached hydrogen (secondary N) is 1. The van der Waals surface area contributed by atoms with E-state index in [1.54, 1.807) is 6.07 Å². The minimum Gasteiger partial charge on any atom is -0.394 e. The molecular weight excluding hydrogens is 218 g/mol. The third kappa shape index (κ3) is 3.70. The lowest BCUT2D eigenvalue weighted by molar-refractivity contribution is 0.0911. The van der Waals surface area contributed by atoms with Gasteiger partial charge in [-0.2, -0.15) is 5.26 Å². The van der Waals surface area contributed by atoms with Crippen LogP contribution in [0.1, 0.15) is 23.2 Å². The lowest BCUT2D eigenvalue weighted by Gasteiger charge is -2.11. The van der Waals surface area contributed by atoms with Crippen LogP contribution in [0, 0.1) is 25.2 Å². The number of aliphatic hydroxyl groups excluding tert-OH is 2. The van der Waals surface area contributed by atoms with Crippen molar-refractivity contribution < 1.29 is 10.2 Å². The van der Waals surface area contributed by atoms with Gasteiger partial charge in [-0.05, 0) is 31.9 Å². The molecule has 0 saturated heterocycles. The Hall–Kier alpha value is -1.64. The summed E-state index contributed by atoms with van der Waals surface area (Å²) in [5.74, 6) is 0.528. The second kappa shape index (κ2) is 6.18. The zero-order chi connectivity index (χ0) is 12.8. The van der Waals surface area contributed by atoms with Crippen molar-refractivity contribution in [1.29, 1.82) is 5.26 Å². The topological polar surface area (TPSA) is 89.2 Å². The Morgan fingerprint density at radius 2 is 2.24 bits per heavy atom. The Kier molecular flexibility index (Phi) is 4.88. The van der Waals surface area contributed by atoms with Gasteiger partial charge in [0, 0.05) is 12.2 Å². The highest BCUT2D eigenvalue weighted by Gasteiger charge is 2.07. The summed E-state index contributed by atoms with van der Waals surface area (Å²) in [5, 5.41) is 29.8. The molecular formula is C12H17N3O2. The molecule has 5 nitrogen and oxygen atoms in total. The standard InChI is InChI=1S/C12H17N3O2/c1-8-5-10(6-13)12(15-9(8)2)14-4-3-11(17)7-16/h5,11,16-17H,3-4,7H2,1-2H3,(H,14,15)/t11-/m0/s1. The van der Waals surface area contributed by atoms with Gasteiger partial charge in [0.05, 0.1) is 18.3 Å². The van der Waals surface area contributed by atoms with E-state index in [1.165, 1.54) is 0 Å². The molecule has 0 amide bonds. The molecule has 1 aromatic rings. The molecule has 1 heterocycles. The number of hydrogen-bond acceptors (Lipinski definition) is 5. The number of pyridine rings is 1. The first kappa shape index (κ1) is 13.4. The van der Waals surface area contributed by atoms with Crippen molar-refractivity contribution in [3.8, 4) is 6.07 Å². The number of aryl methyl sites for hydroxylation is 2. The van der Waals surface area contributed by atoms with Crippen LogP contribution in [0.3, 0.4) is 0 Å². The summed E-state index contributed by atoms with van der Waals surface area (Å²) in [7, 11) is 0. The minimum absolute atomic E-state index is 0.257. The van der Waals surface area contributed by atoms with Crippen molar-refractivity contribution in [2.24, 2.45) is 0 Å². The number of aliphatic hydroxyl groups is 2. The summed E-state index contributed by atoms with van der Waals surface area (Å²) in [5.41, 5.74) is 2.34. The number of nitriles is 1. The maximum atomic E-state index is 9.19. The molecule has 0 aliphatic heterocycles. The van der Waals surface area contributed by atoms with Gasteiger partial charge in [0.15, 0.2) is 0 Å². The lowest BCUT2D eigenvalue weighted by atomic mass is 10.1. The van der Waals surface area contributed by atoms with Crippen LogP contribution in [0.4, 0.5) is 5.82 Å². The van der Waals surface area contributed by atoms with Crippen LogP contribution in [-0.2, 0) is 0 Å². The third-order valence-corrected chi connectivity index (χ3v) is 2.57. The highest BCUT2D eigenvalue weighted by molar-refractivity contribution is 5.53. The van der Waals surface area contributed by atoms with Crippen LogP contribution in [0.2, 0.25) is 0 Å². The fourth-order valence-corrected chi connectivity index (χ4v) is 1.37. The summed E-state index contributed by atoms with van der Waals surface area (Å²) < 4.78 is 0. The number of aromatic nitrogens is 1. The maximum Gasteiger partial charge on any atom is 0.144 e. The van der Waals surface area contributed by atoms with Crippen molar-refractivity contribution >= 4 is 5.82 Å². The van der Waals surface area contributed by atoms with E-state index in [4.69, 9.17) is 10.4 Å². The summed E-state index contributed by atoms with van der Waals surface area (Å²) in [4.78, 5) is 4.29. The molecule has 92 valence electrons. The number of hydrogen-bond donors (Lipinski definition) is 3. The lowest BCUT2D eigenvalue weighted by Crippen LogP contribution is -2.17. The van der Waals surface area contributed by atoms with E-state index in [0.29, 0.717) is 24.3 Å². The van der Waals surface area contributed by atoms with Crippen molar-refractivity contribution in [2.75, 3.05) is 18.5 Å². The van der Waals surface area contributed by atoms with E-state index >= 15 is 0 Å². The van der Waals surface area contributed by atoms with Crippen LogP contribution in [0.15, 0.2) is 6.07 Å². The SMILES string of the molecule is Cc1cc(C#N)c(NCC[C@H](O)CO)nc1C. The average Bonchev–Trinajstić information content (AvgIpc) is 2.32. The minimum atomic E-state index is -0.736. The highest BCUT2D eigenvalue weighted by atomic mass is 16.3. The first-order chi connectivity index (χ1) is 8.08. The molecule has 0 aromatic carbocycles. The third-order valence-electron chi connectivity index (χ3n) is 2.57. The van der Waals surface area contributed by atoms with Crippen molar-refractivity contribution in [3.63, 3.8) is 0 Å². The fraction of sp³-hybridized carbons (Fsp3) is 0.500. The first-order valence-electron chi connectivity index (χ1n) is 5.49. The molecule has 5 heteroatoms. The fourth-order valence-electron chi connectivity index (χ4n) is 1.37. The van der Waals surface area contributed by atoms with Gasteiger partial charge in [-0.1, -0.05) is 0 Å². The zero-order valence-corrected chi connectivity index (χ0v) is 10.1. The van der Waals surface area contributed by atoms with Crippen molar-refractivity contribution in [2.45, 2.75) is 26.4 Å². The van der Waals surface area contributed by atoms with Gasteiger partial charge < -0.3 is 15.5 Å². The van der Waals surface area contributed by atoms with Gasteiger partial charge in [0.2, 0.25) is 0 Å². The predicted octanol–water partition coefficient (Wildman–Crippen LogP) is 0.725. The van der Waals surface area contributed by atoms with Gasteiger partial charge in [0.25, 0.3) is 0 Å². The van der Waals surface area contributed by atoms with Crippen molar-refractivity contribution in [3.05, 3.63) is 22.9 Å². The number of nitrogens with zero attached hydrogens (tertiary/aromatic N) is 2. The van der Waals surface area contributed by atoms with Crippen LogP contribution < -0.4 is 5.32 Å². The molecule has 1 atom stereocenters. The predicted molar refractivity (Wildman–Crippen MR) is 64.6 cm³/mol. The van der Waals surface area contributed by atoms with E-state index in [-0.39, 0.29) is 6.61 Å². The Bertz CT molecular complexity index is 426. The van der Waals surface area contributed by atoms with Gasteiger partial charge in [-0.25, -0.2) is 4.98 Å². The summed E-state index contributed by atoms with van der Waals surface area (Å²) in [6.45, 7) is 3.99. The number of anilines is 1. The number of rotatable bonds is 5. The molecule has 0 unspecified atom stereocenters. The molecule has 0 aliphatic carbocycles. The largest absolute Gasteiger partial charge is 0.394 e. The second-order valence-electron chi connectivity index (χ2n) is 3.95. The van der Waals surface area contributed by atoms with E-state index in [0.717, 1.165) is 11.3 Å². The molecule has 0 fully saturated rings. The smallest absolute Gasteiger partial charge is 0.144 e. The van der Waals surface area contributed by atoms with Gasteiger partial charge in [-0.15, -0.1) is 0 Å². The summed E-state index contributed by atoms with van der Waals surface area (Å²) in [6.07, 6.45) is -0.324. The van der Waals surface area contributed by atoms with Crippen molar-refractivity contribution in [1.82, 2.24) is 4.98 Å². The van der Waals surface area contributed by atoms with Crippen LogP contribution >= 0.6 is 0 Å². The molecule has 0 radical (unpaired) electrons. The van der Waals surface area contributed by atoms with Crippen LogP contribution in [-0.4, -0.2) is 34.5 Å². The Morgan fingerprint density at radius 3 is 2.82 bits per heavy atom. The molecule has 17 heavy (non-hydrogen) atoms. The van der Waals surface area contributed by atoms with E-state index in [9.17, 15) is 5.11 Å². The molecule has 1 aromatic heterocycles. The quantitative estimate of drug-likeness (QED) is 0.700. The Morgan fingerprint density at radius 1 is 1.53 bits per heavy atom. The van der Waals surface area contributed by atoms with Gasteiger partial charge in [-0.3, -0.25) is 0 Å². The van der Waals surface area contributed by atoms with Gasteiger partial charge in [0.1, 0.15) is 11.9 Å². The van der Waals surface area contributed by atoms with E-state index in [2.05, 4.69) is 16.4 Å². The van der Waals surface area contributed by atoms with Crippen LogP contribution in [0.5, 0.6) is 0 Å². The molecule has 0 saturated carbocycles. The molecule has 1 rings (SSSR count). The first-order valence-corrected chi connectivity index (χ1v) is 5.49. The Labute approximate surface area is 101 Å².